The third kappa shape index (κ3) is 4.18. The highest BCUT2D eigenvalue weighted by Gasteiger charge is 2.22. The summed E-state index contributed by atoms with van der Waals surface area (Å²) in [5.74, 6) is 0. The Bertz CT molecular complexity index is 525. The average molecular weight is 307 g/mol. The molecule has 0 spiro atoms. The lowest BCUT2D eigenvalue weighted by Crippen LogP contribution is -2.47. The molecular weight excluding hydrogens is 282 g/mol. The molecule has 0 bridgehead atoms. The Morgan fingerprint density at radius 3 is 2.55 bits per heavy atom. The number of anilines is 1. The van der Waals surface area contributed by atoms with Crippen LogP contribution in [0, 0.1) is 17.0 Å². The van der Waals surface area contributed by atoms with Gasteiger partial charge in [-0.25, -0.2) is 0 Å². The van der Waals surface area contributed by atoms with Crippen molar-refractivity contribution in [2.75, 3.05) is 38.1 Å². The van der Waals surface area contributed by atoms with E-state index in [0.717, 1.165) is 31.9 Å². The number of ether oxygens (including phenoxy) is 1. The van der Waals surface area contributed by atoms with Crippen LogP contribution < -0.4 is 4.90 Å². The first-order chi connectivity index (χ1) is 10.4. The Labute approximate surface area is 131 Å². The van der Waals surface area contributed by atoms with Crippen molar-refractivity contribution >= 4 is 11.4 Å². The molecule has 1 aliphatic heterocycles. The summed E-state index contributed by atoms with van der Waals surface area (Å²) < 4.78 is 5.74. The van der Waals surface area contributed by atoms with Gasteiger partial charge in [0.1, 0.15) is 0 Å². The molecule has 2 rings (SSSR count). The van der Waals surface area contributed by atoms with E-state index in [1.807, 2.05) is 19.2 Å². The van der Waals surface area contributed by atoms with E-state index in [-0.39, 0.29) is 22.8 Å². The van der Waals surface area contributed by atoms with Crippen LogP contribution in [0.4, 0.5) is 11.4 Å². The molecule has 2 atom stereocenters. The molecule has 0 aliphatic carbocycles. The van der Waals surface area contributed by atoms with E-state index in [1.165, 1.54) is 0 Å². The van der Waals surface area contributed by atoms with Gasteiger partial charge in [-0.3, -0.25) is 15.0 Å². The van der Waals surface area contributed by atoms with Crippen LogP contribution in [0.15, 0.2) is 18.2 Å². The van der Waals surface area contributed by atoms with Gasteiger partial charge in [0.05, 0.1) is 17.1 Å². The first-order valence-corrected chi connectivity index (χ1v) is 7.71. The fourth-order valence-electron chi connectivity index (χ4n) is 2.97. The molecule has 0 N–H and O–H groups in total. The van der Waals surface area contributed by atoms with Gasteiger partial charge in [0, 0.05) is 50.5 Å². The number of hydrogen-bond acceptors (Lipinski definition) is 5. The van der Waals surface area contributed by atoms with Crippen LogP contribution >= 0.6 is 0 Å². The Hall–Kier alpha value is -1.66. The summed E-state index contributed by atoms with van der Waals surface area (Å²) in [6, 6.07) is 5.28. The Kier molecular flexibility index (Phi) is 5.37. The molecule has 0 radical (unpaired) electrons. The molecule has 0 aromatic heterocycles. The molecule has 122 valence electrons. The van der Waals surface area contributed by atoms with Gasteiger partial charge in [-0.15, -0.1) is 0 Å². The lowest BCUT2D eigenvalue weighted by atomic mass is 10.1. The van der Waals surface area contributed by atoms with E-state index in [1.54, 1.807) is 13.0 Å². The summed E-state index contributed by atoms with van der Waals surface area (Å²) in [4.78, 5) is 15.1. The molecular formula is C16H25N3O3. The topological polar surface area (TPSA) is 58.8 Å². The Morgan fingerprint density at radius 2 is 2.00 bits per heavy atom. The molecule has 1 saturated heterocycles. The van der Waals surface area contributed by atoms with Gasteiger partial charge in [-0.1, -0.05) is 0 Å². The Morgan fingerprint density at radius 1 is 1.36 bits per heavy atom. The van der Waals surface area contributed by atoms with Gasteiger partial charge < -0.3 is 9.64 Å². The van der Waals surface area contributed by atoms with Gasteiger partial charge in [-0.2, -0.15) is 0 Å². The zero-order valence-electron chi connectivity index (χ0n) is 13.8. The highest BCUT2D eigenvalue weighted by atomic mass is 16.6. The van der Waals surface area contributed by atoms with Crippen molar-refractivity contribution in [1.29, 1.82) is 0 Å². The molecule has 0 unspecified atom stereocenters. The van der Waals surface area contributed by atoms with Crippen molar-refractivity contribution in [2.45, 2.75) is 33.0 Å². The van der Waals surface area contributed by atoms with Crippen LogP contribution in [-0.2, 0) is 4.74 Å². The van der Waals surface area contributed by atoms with E-state index in [0.29, 0.717) is 5.56 Å². The van der Waals surface area contributed by atoms with Crippen molar-refractivity contribution < 1.29 is 9.66 Å². The third-order valence-corrected chi connectivity index (χ3v) is 4.06. The van der Waals surface area contributed by atoms with Crippen molar-refractivity contribution in [3.05, 3.63) is 33.9 Å². The monoisotopic (exact) mass is 307 g/mol. The summed E-state index contributed by atoms with van der Waals surface area (Å²) in [5.41, 5.74) is 1.88. The largest absolute Gasteiger partial charge is 0.373 e. The minimum Gasteiger partial charge on any atom is -0.373 e. The first kappa shape index (κ1) is 16.7. The number of rotatable bonds is 5. The average Bonchev–Trinajstić information content (AvgIpc) is 2.43. The van der Waals surface area contributed by atoms with Gasteiger partial charge in [0.2, 0.25) is 0 Å². The molecule has 0 saturated carbocycles. The number of hydrogen-bond donors (Lipinski definition) is 0. The number of nitrogens with zero attached hydrogens (tertiary/aromatic N) is 3. The molecule has 6 heteroatoms. The second-order valence-corrected chi connectivity index (χ2v) is 6.17. The van der Waals surface area contributed by atoms with Crippen molar-refractivity contribution in [2.24, 2.45) is 0 Å². The summed E-state index contributed by atoms with van der Waals surface area (Å²) in [7, 11) is 2.02. The molecule has 6 nitrogen and oxygen atoms in total. The summed E-state index contributed by atoms with van der Waals surface area (Å²) >= 11 is 0. The summed E-state index contributed by atoms with van der Waals surface area (Å²) in [5, 5.41) is 10.9. The van der Waals surface area contributed by atoms with Crippen molar-refractivity contribution in [3.8, 4) is 0 Å². The number of morpholine rings is 1. The van der Waals surface area contributed by atoms with Crippen molar-refractivity contribution in [1.82, 2.24) is 4.90 Å². The minimum atomic E-state index is -0.338. The second-order valence-electron chi connectivity index (χ2n) is 6.17. The molecule has 0 amide bonds. The van der Waals surface area contributed by atoms with Gasteiger partial charge in [0.15, 0.2) is 0 Å². The van der Waals surface area contributed by atoms with Gasteiger partial charge in [0.25, 0.3) is 5.69 Å². The van der Waals surface area contributed by atoms with Gasteiger partial charge >= 0.3 is 0 Å². The minimum absolute atomic E-state index is 0.174. The Balaban J connectivity index is 1.93. The van der Waals surface area contributed by atoms with E-state index in [9.17, 15) is 10.1 Å². The smallest absolute Gasteiger partial charge is 0.272 e. The fraction of sp³-hybridized carbons (Fsp3) is 0.625. The van der Waals surface area contributed by atoms with Crippen LogP contribution in [-0.4, -0.2) is 55.3 Å². The molecule has 1 aromatic rings. The number of aryl methyl sites for hydroxylation is 1. The van der Waals surface area contributed by atoms with Crippen LogP contribution in [0.25, 0.3) is 0 Å². The molecule has 1 heterocycles. The summed E-state index contributed by atoms with van der Waals surface area (Å²) in [6.45, 7) is 9.75. The molecule has 22 heavy (non-hydrogen) atoms. The number of nitro benzene ring substituents is 1. The normalized spacial score (nSPS) is 22.5. The maximum atomic E-state index is 10.9. The maximum Gasteiger partial charge on any atom is 0.272 e. The predicted molar refractivity (Wildman–Crippen MR) is 87.6 cm³/mol. The molecule has 1 aromatic carbocycles. The number of likely N-dealkylation sites (N-methyl/N-ethyl adjacent to an activating group) is 1. The maximum absolute atomic E-state index is 10.9. The third-order valence-electron chi connectivity index (χ3n) is 4.06. The van der Waals surface area contributed by atoms with E-state index in [2.05, 4.69) is 23.6 Å². The first-order valence-electron chi connectivity index (χ1n) is 7.71. The zero-order valence-corrected chi connectivity index (χ0v) is 13.8. The van der Waals surface area contributed by atoms with E-state index < -0.39 is 0 Å². The van der Waals surface area contributed by atoms with E-state index >= 15 is 0 Å². The van der Waals surface area contributed by atoms with Gasteiger partial charge in [-0.05, 0) is 32.9 Å². The lowest BCUT2D eigenvalue weighted by molar-refractivity contribution is -0.385. The highest BCUT2D eigenvalue weighted by molar-refractivity contribution is 5.54. The highest BCUT2D eigenvalue weighted by Crippen LogP contribution is 2.23. The van der Waals surface area contributed by atoms with Crippen LogP contribution in [0.1, 0.15) is 19.4 Å². The fourth-order valence-corrected chi connectivity index (χ4v) is 2.97. The lowest BCUT2D eigenvalue weighted by Gasteiger charge is -2.36. The summed E-state index contributed by atoms with van der Waals surface area (Å²) in [6.07, 6.45) is 0.548. The predicted octanol–water partition coefficient (Wildman–Crippen LogP) is 2.45. The quantitative estimate of drug-likeness (QED) is 0.618. The SMILES string of the molecule is Cc1cc(N(C)CCN2C[C@@H](C)O[C@@H](C)C2)ccc1[N+](=O)[O-]. The van der Waals surface area contributed by atoms with Crippen molar-refractivity contribution in [3.63, 3.8) is 0 Å². The second kappa shape index (κ2) is 7.07. The molecule has 1 fully saturated rings. The number of benzene rings is 1. The van der Waals surface area contributed by atoms with Crippen LogP contribution in [0.2, 0.25) is 0 Å². The van der Waals surface area contributed by atoms with E-state index in [4.69, 9.17) is 4.74 Å². The molecule has 1 aliphatic rings. The zero-order chi connectivity index (χ0) is 16.3. The standard InChI is InChI=1S/C16H25N3O3/c1-12-9-15(5-6-16(12)19(20)21)17(4)7-8-18-10-13(2)22-14(3)11-18/h5-6,9,13-14H,7-8,10-11H2,1-4H3/t13-,14+. The van der Waals surface area contributed by atoms with Crippen LogP contribution in [0.5, 0.6) is 0 Å². The number of nitro groups is 1. The van der Waals surface area contributed by atoms with Crippen LogP contribution in [0.3, 0.4) is 0 Å².